The van der Waals surface area contributed by atoms with Gasteiger partial charge in [-0.2, -0.15) is 23.4 Å². The van der Waals surface area contributed by atoms with E-state index in [9.17, 15) is 18.0 Å². The molecule has 3 aromatic heterocycles. The normalized spacial score (nSPS) is 12.1. The van der Waals surface area contributed by atoms with Gasteiger partial charge in [-0.3, -0.25) is 9.48 Å². The van der Waals surface area contributed by atoms with E-state index in [4.69, 9.17) is 11.6 Å². The molecular weight excluding hydrogens is 335 g/mol. The van der Waals surface area contributed by atoms with Gasteiger partial charge in [0.05, 0.1) is 11.4 Å². The molecule has 0 bridgehead atoms. The number of aromatic nitrogens is 5. The van der Waals surface area contributed by atoms with Gasteiger partial charge in [0.25, 0.3) is 5.24 Å². The lowest BCUT2D eigenvalue weighted by Gasteiger charge is -2.10. The molecule has 0 aliphatic rings. The predicted molar refractivity (Wildman–Crippen MR) is 75.1 cm³/mol. The van der Waals surface area contributed by atoms with Gasteiger partial charge in [0.2, 0.25) is 0 Å². The Bertz CT molecular complexity index is 928. The zero-order valence-electron chi connectivity index (χ0n) is 11.9. The van der Waals surface area contributed by atoms with Gasteiger partial charge in [0.15, 0.2) is 11.3 Å². The molecule has 0 saturated carbocycles. The van der Waals surface area contributed by atoms with E-state index in [1.54, 1.807) is 20.2 Å². The van der Waals surface area contributed by atoms with Crippen LogP contribution in [-0.4, -0.2) is 29.6 Å². The van der Waals surface area contributed by atoms with Crippen molar-refractivity contribution in [1.29, 1.82) is 0 Å². The first-order valence-electron chi connectivity index (χ1n) is 6.35. The number of aryl methyl sites for hydroxylation is 2. The number of nitrogens with zero attached hydrogens (tertiary/aromatic N) is 5. The second-order valence-corrected chi connectivity index (χ2v) is 5.24. The van der Waals surface area contributed by atoms with Crippen LogP contribution >= 0.6 is 11.6 Å². The molecule has 3 heterocycles. The van der Waals surface area contributed by atoms with Crippen molar-refractivity contribution in [2.75, 3.05) is 0 Å². The molecule has 0 atom stereocenters. The molecule has 0 spiro atoms. The third-order valence-corrected chi connectivity index (χ3v) is 3.40. The highest BCUT2D eigenvalue weighted by Gasteiger charge is 2.35. The van der Waals surface area contributed by atoms with E-state index in [-0.39, 0.29) is 17.0 Å². The van der Waals surface area contributed by atoms with Crippen LogP contribution in [0, 0.1) is 6.92 Å². The summed E-state index contributed by atoms with van der Waals surface area (Å²) in [6, 6.07) is 1.98. The predicted octanol–water partition coefficient (Wildman–Crippen LogP) is 2.84. The van der Waals surface area contributed by atoms with Gasteiger partial charge in [-0.05, 0) is 24.6 Å². The van der Waals surface area contributed by atoms with Crippen molar-refractivity contribution < 1.29 is 18.0 Å². The van der Waals surface area contributed by atoms with E-state index in [0.29, 0.717) is 15.8 Å². The zero-order valence-corrected chi connectivity index (χ0v) is 12.6. The smallest absolute Gasteiger partial charge is 0.275 e. The number of carbonyl (C=O) groups excluding carboxylic acids is 1. The minimum Gasteiger partial charge on any atom is -0.275 e. The highest BCUT2D eigenvalue weighted by Crippen LogP contribution is 2.33. The Morgan fingerprint density at radius 3 is 2.48 bits per heavy atom. The summed E-state index contributed by atoms with van der Waals surface area (Å²) in [5.74, 6) is 0. The average Bonchev–Trinajstić information content (AvgIpc) is 2.99. The number of alkyl halides is 3. The second-order valence-electron chi connectivity index (χ2n) is 4.90. The van der Waals surface area contributed by atoms with Gasteiger partial charge >= 0.3 is 6.18 Å². The van der Waals surface area contributed by atoms with Crippen LogP contribution in [0.25, 0.3) is 16.9 Å². The number of fused-ring (bicyclic) bond motifs is 1. The first-order chi connectivity index (χ1) is 10.7. The van der Waals surface area contributed by atoms with Crippen molar-refractivity contribution in [2.24, 2.45) is 7.05 Å². The lowest BCUT2D eigenvalue weighted by molar-refractivity contribution is -0.142. The lowest BCUT2D eigenvalue weighted by atomic mass is 10.1. The fourth-order valence-electron chi connectivity index (χ4n) is 2.26. The van der Waals surface area contributed by atoms with Crippen molar-refractivity contribution in [3.63, 3.8) is 0 Å². The monoisotopic (exact) mass is 343 g/mol. The second kappa shape index (κ2) is 5.05. The fourth-order valence-corrected chi connectivity index (χ4v) is 2.35. The van der Waals surface area contributed by atoms with Gasteiger partial charge in [-0.15, -0.1) is 0 Å². The van der Waals surface area contributed by atoms with Crippen molar-refractivity contribution in [1.82, 2.24) is 24.4 Å². The summed E-state index contributed by atoms with van der Waals surface area (Å²) < 4.78 is 41.9. The largest absolute Gasteiger partial charge is 0.433 e. The minimum absolute atomic E-state index is 0.0869. The molecule has 0 unspecified atom stereocenters. The van der Waals surface area contributed by atoms with E-state index in [0.717, 1.165) is 12.1 Å². The molecule has 0 N–H and O–H groups in total. The molecule has 3 rings (SSSR count). The van der Waals surface area contributed by atoms with Gasteiger partial charge in [-0.1, -0.05) is 0 Å². The standard InChI is InChI=1S/C13H9ClF3N5O/c1-6-7(5-21(2)19-6)8-3-10(13(15,16)17)22-11(18-8)4-9(20-22)12(14)23/h3-5H,1-2H3. The summed E-state index contributed by atoms with van der Waals surface area (Å²) in [7, 11) is 1.66. The average molecular weight is 344 g/mol. The van der Waals surface area contributed by atoms with Crippen LogP contribution in [0.15, 0.2) is 18.3 Å². The maximum absolute atomic E-state index is 13.3. The van der Waals surface area contributed by atoms with Crippen LogP contribution in [-0.2, 0) is 13.2 Å². The SMILES string of the molecule is Cc1nn(C)cc1-c1cc(C(F)(F)F)n2nc(C(=O)Cl)cc2n1. The Balaban J connectivity index is 2.33. The first-order valence-corrected chi connectivity index (χ1v) is 6.73. The number of hydrogen-bond acceptors (Lipinski definition) is 4. The van der Waals surface area contributed by atoms with Crippen LogP contribution in [0.1, 0.15) is 21.9 Å². The number of hydrogen-bond donors (Lipinski definition) is 0. The van der Waals surface area contributed by atoms with Crippen molar-refractivity contribution in [3.05, 3.63) is 35.4 Å². The topological polar surface area (TPSA) is 65.1 Å². The number of halogens is 4. The Morgan fingerprint density at radius 2 is 1.96 bits per heavy atom. The summed E-state index contributed by atoms with van der Waals surface area (Å²) in [5.41, 5.74) is -0.397. The third-order valence-electron chi connectivity index (χ3n) is 3.21. The molecule has 0 aliphatic carbocycles. The summed E-state index contributed by atoms with van der Waals surface area (Å²) >= 11 is 5.29. The Labute approximate surface area is 132 Å². The molecule has 0 aliphatic heterocycles. The van der Waals surface area contributed by atoms with Crippen molar-refractivity contribution in [2.45, 2.75) is 13.1 Å². The minimum atomic E-state index is -4.68. The van der Waals surface area contributed by atoms with Crippen LogP contribution in [0.2, 0.25) is 0 Å². The third kappa shape index (κ3) is 2.67. The van der Waals surface area contributed by atoms with Crippen LogP contribution < -0.4 is 0 Å². The number of rotatable bonds is 2. The molecule has 3 aromatic rings. The Kier molecular flexibility index (Phi) is 3.40. The molecule has 0 fully saturated rings. The summed E-state index contributed by atoms with van der Waals surface area (Å²) in [6.45, 7) is 1.67. The van der Waals surface area contributed by atoms with Gasteiger partial charge in [-0.25, -0.2) is 9.50 Å². The van der Waals surface area contributed by atoms with E-state index >= 15 is 0 Å². The van der Waals surface area contributed by atoms with E-state index in [1.165, 1.54) is 4.68 Å². The zero-order chi connectivity index (χ0) is 16.9. The number of carbonyl (C=O) groups is 1. The maximum Gasteiger partial charge on any atom is 0.433 e. The van der Waals surface area contributed by atoms with Crippen LogP contribution in [0.5, 0.6) is 0 Å². The molecule has 0 amide bonds. The van der Waals surface area contributed by atoms with Gasteiger partial charge in [0.1, 0.15) is 5.69 Å². The molecule has 0 aromatic carbocycles. The quantitative estimate of drug-likeness (QED) is 0.671. The highest BCUT2D eigenvalue weighted by atomic mass is 35.5. The lowest BCUT2D eigenvalue weighted by Crippen LogP contribution is -2.14. The van der Waals surface area contributed by atoms with Gasteiger partial charge in [0, 0.05) is 24.9 Å². The summed E-state index contributed by atoms with van der Waals surface area (Å²) in [4.78, 5) is 15.3. The molecule has 120 valence electrons. The van der Waals surface area contributed by atoms with Gasteiger partial charge < -0.3 is 0 Å². The van der Waals surface area contributed by atoms with Crippen molar-refractivity contribution >= 4 is 22.5 Å². The van der Waals surface area contributed by atoms with Crippen LogP contribution in [0.4, 0.5) is 13.2 Å². The first kappa shape index (κ1) is 15.5. The van der Waals surface area contributed by atoms with Crippen molar-refractivity contribution in [3.8, 4) is 11.3 Å². The highest BCUT2D eigenvalue weighted by molar-refractivity contribution is 6.67. The van der Waals surface area contributed by atoms with E-state index in [2.05, 4.69) is 15.2 Å². The van der Waals surface area contributed by atoms with E-state index < -0.39 is 17.1 Å². The maximum atomic E-state index is 13.3. The summed E-state index contributed by atoms with van der Waals surface area (Å²) in [6.07, 6.45) is -3.11. The molecule has 6 nitrogen and oxygen atoms in total. The molecule has 10 heteroatoms. The fraction of sp³-hybridized carbons (Fsp3) is 0.231. The van der Waals surface area contributed by atoms with Crippen LogP contribution in [0.3, 0.4) is 0 Å². The summed E-state index contributed by atoms with van der Waals surface area (Å²) in [5, 5.41) is 6.71. The van der Waals surface area contributed by atoms with E-state index in [1.807, 2.05) is 0 Å². The molecule has 23 heavy (non-hydrogen) atoms. The Hall–Kier alpha value is -2.42. The molecular formula is C13H9ClF3N5O. The molecule has 0 radical (unpaired) electrons. The molecule has 0 saturated heterocycles. The Morgan fingerprint density at radius 1 is 1.26 bits per heavy atom.